The van der Waals surface area contributed by atoms with Gasteiger partial charge in [0.2, 0.25) is 0 Å². The minimum Gasteiger partial charge on any atom is -0.322 e. The fraction of sp³-hybridized carbons (Fsp3) is 0.176. The summed E-state index contributed by atoms with van der Waals surface area (Å²) in [6.07, 6.45) is 1.77. The summed E-state index contributed by atoms with van der Waals surface area (Å²) in [7, 11) is 0. The van der Waals surface area contributed by atoms with Crippen LogP contribution in [0.3, 0.4) is 0 Å². The van der Waals surface area contributed by atoms with E-state index >= 15 is 0 Å². The molecule has 0 aliphatic carbocycles. The lowest BCUT2D eigenvalue weighted by atomic mass is 10.1. The van der Waals surface area contributed by atoms with Gasteiger partial charge in [-0.25, -0.2) is 0 Å². The number of aromatic nitrogens is 2. The molecule has 3 rings (SSSR count). The van der Waals surface area contributed by atoms with E-state index in [0.717, 1.165) is 22.2 Å². The second kappa shape index (κ2) is 5.89. The van der Waals surface area contributed by atoms with Crippen molar-refractivity contribution in [1.29, 1.82) is 0 Å². The largest absolute Gasteiger partial charge is 0.322 e. The third-order valence-electron chi connectivity index (χ3n) is 3.56. The van der Waals surface area contributed by atoms with Crippen LogP contribution >= 0.6 is 0 Å². The molecule has 21 heavy (non-hydrogen) atoms. The van der Waals surface area contributed by atoms with Crippen molar-refractivity contribution in [3.05, 3.63) is 76.3 Å². The van der Waals surface area contributed by atoms with E-state index in [2.05, 4.69) is 15.3 Å². The molecule has 0 aliphatic heterocycles. The summed E-state index contributed by atoms with van der Waals surface area (Å²) in [4.78, 5) is 19.3. The normalized spacial score (nSPS) is 12.4. The molecule has 0 fully saturated rings. The molecular weight excluding hydrogens is 262 g/mol. The van der Waals surface area contributed by atoms with Crippen LogP contribution in [0.25, 0.3) is 10.9 Å². The van der Waals surface area contributed by atoms with Gasteiger partial charge in [-0.3, -0.25) is 9.78 Å². The molecular formula is C17H17N3O. The van der Waals surface area contributed by atoms with Crippen LogP contribution in [0.4, 0.5) is 0 Å². The van der Waals surface area contributed by atoms with Gasteiger partial charge in [-0.1, -0.05) is 24.3 Å². The first kappa shape index (κ1) is 13.5. The van der Waals surface area contributed by atoms with E-state index in [9.17, 15) is 4.79 Å². The van der Waals surface area contributed by atoms with Crippen molar-refractivity contribution in [2.75, 3.05) is 0 Å². The lowest BCUT2D eigenvalue weighted by Gasteiger charge is -2.13. The first-order chi connectivity index (χ1) is 10.2. The van der Waals surface area contributed by atoms with Gasteiger partial charge in [-0.2, -0.15) is 0 Å². The highest BCUT2D eigenvalue weighted by Crippen LogP contribution is 2.12. The maximum absolute atomic E-state index is 12.1. The molecule has 0 radical (unpaired) electrons. The molecule has 0 amide bonds. The van der Waals surface area contributed by atoms with Crippen molar-refractivity contribution in [2.24, 2.45) is 0 Å². The standard InChI is InChI=1S/C17H17N3O/c1-12(15-7-4-5-9-18-15)19-11-14-10-13-6-2-3-8-16(13)20-17(14)21/h2-10,12,19H,11H2,1H3,(H,20,21)/t12-/m0/s1. The molecule has 2 N–H and O–H groups in total. The number of H-pyrrole nitrogens is 1. The van der Waals surface area contributed by atoms with Gasteiger partial charge in [0, 0.05) is 29.9 Å². The Kier molecular flexibility index (Phi) is 3.79. The maximum atomic E-state index is 12.1. The quantitative estimate of drug-likeness (QED) is 0.772. The summed E-state index contributed by atoms with van der Waals surface area (Å²) < 4.78 is 0. The highest BCUT2D eigenvalue weighted by Gasteiger charge is 2.08. The van der Waals surface area contributed by atoms with Crippen molar-refractivity contribution in [3.8, 4) is 0 Å². The number of para-hydroxylation sites is 1. The molecule has 3 aromatic rings. The molecule has 1 aromatic carbocycles. The van der Waals surface area contributed by atoms with Gasteiger partial charge in [-0.15, -0.1) is 0 Å². The summed E-state index contributed by atoms with van der Waals surface area (Å²) in [6, 6.07) is 15.6. The summed E-state index contributed by atoms with van der Waals surface area (Å²) in [5, 5.41) is 4.38. The van der Waals surface area contributed by atoms with Crippen molar-refractivity contribution in [2.45, 2.75) is 19.5 Å². The summed E-state index contributed by atoms with van der Waals surface area (Å²) >= 11 is 0. The molecule has 0 spiro atoms. The zero-order valence-corrected chi connectivity index (χ0v) is 11.8. The van der Waals surface area contributed by atoms with Crippen molar-refractivity contribution >= 4 is 10.9 Å². The first-order valence-electron chi connectivity index (χ1n) is 6.99. The van der Waals surface area contributed by atoms with Crippen LogP contribution in [0.5, 0.6) is 0 Å². The number of nitrogens with one attached hydrogen (secondary N) is 2. The molecule has 1 atom stereocenters. The highest BCUT2D eigenvalue weighted by molar-refractivity contribution is 5.78. The molecule has 2 aromatic heterocycles. The number of rotatable bonds is 4. The van der Waals surface area contributed by atoms with Crippen LogP contribution in [0.15, 0.2) is 59.5 Å². The van der Waals surface area contributed by atoms with Gasteiger partial charge in [0.25, 0.3) is 5.56 Å². The predicted octanol–water partition coefficient (Wildman–Crippen LogP) is 2.77. The molecule has 4 nitrogen and oxygen atoms in total. The van der Waals surface area contributed by atoms with Crippen molar-refractivity contribution < 1.29 is 0 Å². The van der Waals surface area contributed by atoms with Gasteiger partial charge >= 0.3 is 0 Å². The van der Waals surface area contributed by atoms with Crippen LogP contribution in [0.2, 0.25) is 0 Å². The second-order valence-electron chi connectivity index (χ2n) is 5.07. The Morgan fingerprint density at radius 3 is 2.81 bits per heavy atom. The minimum atomic E-state index is -0.0468. The Balaban J connectivity index is 1.79. The molecule has 0 saturated heterocycles. The van der Waals surface area contributed by atoms with E-state index in [1.165, 1.54) is 0 Å². The Hall–Kier alpha value is -2.46. The number of pyridine rings is 2. The van der Waals surface area contributed by atoms with Crippen molar-refractivity contribution in [1.82, 2.24) is 15.3 Å². The van der Waals surface area contributed by atoms with Crippen LogP contribution in [-0.2, 0) is 6.54 Å². The number of benzene rings is 1. The predicted molar refractivity (Wildman–Crippen MR) is 84.1 cm³/mol. The third kappa shape index (κ3) is 3.01. The average Bonchev–Trinajstić information content (AvgIpc) is 2.53. The van der Waals surface area contributed by atoms with Gasteiger partial charge in [0.1, 0.15) is 0 Å². The topological polar surface area (TPSA) is 57.8 Å². The first-order valence-corrected chi connectivity index (χ1v) is 6.99. The monoisotopic (exact) mass is 279 g/mol. The third-order valence-corrected chi connectivity index (χ3v) is 3.56. The number of fused-ring (bicyclic) bond motifs is 1. The Morgan fingerprint density at radius 1 is 1.19 bits per heavy atom. The molecule has 0 saturated carbocycles. The summed E-state index contributed by atoms with van der Waals surface area (Å²) in [5.74, 6) is 0. The van der Waals surface area contributed by atoms with Crippen LogP contribution in [-0.4, -0.2) is 9.97 Å². The van der Waals surface area contributed by atoms with Crippen molar-refractivity contribution in [3.63, 3.8) is 0 Å². The molecule has 0 bridgehead atoms. The summed E-state index contributed by atoms with van der Waals surface area (Å²) in [5.41, 5.74) is 2.52. The molecule has 4 heteroatoms. The van der Waals surface area contributed by atoms with E-state index in [1.807, 2.05) is 55.5 Å². The van der Waals surface area contributed by atoms with E-state index < -0.39 is 0 Å². The van der Waals surface area contributed by atoms with E-state index in [1.54, 1.807) is 6.20 Å². The van der Waals surface area contributed by atoms with Crippen LogP contribution in [0, 0.1) is 0 Å². The number of nitrogens with zero attached hydrogens (tertiary/aromatic N) is 1. The smallest absolute Gasteiger partial charge is 0.252 e. The lowest BCUT2D eigenvalue weighted by molar-refractivity contribution is 0.559. The average molecular weight is 279 g/mol. The van der Waals surface area contributed by atoms with Crippen LogP contribution < -0.4 is 10.9 Å². The van der Waals surface area contributed by atoms with Gasteiger partial charge < -0.3 is 10.3 Å². The van der Waals surface area contributed by atoms with E-state index in [-0.39, 0.29) is 11.6 Å². The Morgan fingerprint density at radius 2 is 2.00 bits per heavy atom. The lowest BCUT2D eigenvalue weighted by Crippen LogP contribution is -2.24. The molecule has 106 valence electrons. The van der Waals surface area contributed by atoms with Gasteiger partial charge in [0.05, 0.1) is 5.69 Å². The zero-order chi connectivity index (χ0) is 14.7. The van der Waals surface area contributed by atoms with E-state index in [4.69, 9.17) is 0 Å². The van der Waals surface area contributed by atoms with Gasteiger partial charge in [-0.05, 0) is 36.6 Å². The van der Waals surface area contributed by atoms with Crippen LogP contribution in [0.1, 0.15) is 24.2 Å². The number of hydrogen-bond donors (Lipinski definition) is 2. The van der Waals surface area contributed by atoms with Gasteiger partial charge in [0.15, 0.2) is 0 Å². The fourth-order valence-corrected chi connectivity index (χ4v) is 2.32. The Bertz CT molecular complexity index is 796. The molecule has 2 heterocycles. The number of hydrogen-bond acceptors (Lipinski definition) is 3. The highest BCUT2D eigenvalue weighted by atomic mass is 16.1. The Labute approximate surface area is 122 Å². The molecule has 0 aliphatic rings. The summed E-state index contributed by atoms with van der Waals surface area (Å²) in [6.45, 7) is 2.55. The number of aromatic amines is 1. The zero-order valence-electron chi connectivity index (χ0n) is 11.8. The second-order valence-corrected chi connectivity index (χ2v) is 5.07. The SMILES string of the molecule is C[C@H](NCc1cc2ccccc2[nH]c1=O)c1ccccn1. The van der Waals surface area contributed by atoms with E-state index in [0.29, 0.717) is 6.54 Å². The maximum Gasteiger partial charge on any atom is 0.252 e. The minimum absolute atomic E-state index is 0.0468. The fourth-order valence-electron chi connectivity index (χ4n) is 2.32. The molecule has 0 unspecified atom stereocenters.